The number of hydrogen-bond acceptors (Lipinski definition) is 4. The lowest BCUT2D eigenvalue weighted by Gasteiger charge is -1.96. The van der Waals surface area contributed by atoms with Crippen molar-refractivity contribution in [2.45, 2.75) is 0 Å². The van der Waals surface area contributed by atoms with Gasteiger partial charge in [-0.25, -0.2) is 9.37 Å². The smallest absolute Gasteiger partial charge is 0.180 e. The van der Waals surface area contributed by atoms with E-state index in [9.17, 15) is 4.39 Å². The first-order valence-corrected chi connectivity index (χ1v) is 4.46. The molecule has 0 saturated carbocycles. The highest BCUT2D eigenvalue weighted by atomic mass is 32.1. The Kier molecular flexibility index (Phi) is 1.94. The lowest BCUT2D eigenvalue weighted by molar-refractivity contribution is 0.624. The van der Waals surface area contributed by atoms with Gasteiger partial charge < -0.3 is 5.73 Å². The lowest BCUT2D eigenvalue weighted by atomic mass is 10.2. The Morgan fingerprint density at radius 2 is 2.31 bits per heavy atom. The summed E-state index contributed by atoms with van der Waals surface area (Å²) < 4.78 is 13.1. The number of rotatable bonds is 1. The standard InChI is InChI=1S/C8H6FN3S/c9-6-3-11-2-1-5(6)7-4-13-8(10)12-7/h1-4H,(H2,10,12). The zero-order chi connectivity index (χ0) is 9.26. The second-order valence-electron chi connectivity index (χ2n) is 2.43. The van der Waals surface area contributed by atoms with Gasteiger partial charge in [-0.2, -0.15) is 0 Å². The zero-order valence-electron chi connectivity index (χ0n) is 6.57. The van der Waals surface area contributed by atoms with E-state index in [0.717, 1.165) is 6.20 Å². The quantitative estimate of drug-likeness (QED) is 0.756. The summed E-state index contributed by atoms with van der Waals surface area (Å²) in [5.74, 6) is -0.382. The highest BCUT2D eigenvalue weighted by molar-refractivity contribution is 7.13. The van der Waals surface area contributed by atoms with Crippen LogP contribution in [0.15, 0.2) is 23.8 Å². The summed E-state index contributed by atoms with van der Waals surface area (Å²) in [6.45, 7) is 0. The fraction of sp³-hybridized carbons (Fsp3) is 0. The number of hydrogen-bond donors (Lipinski definition) is 1. The van der Waals surface area contributed by atoms with Crippen LogP contribution in [0.25, 0.3) is 11.3 Å². The van der Waals surface area contributed by atoms with Crippen molar-refractivity contribution in [2.24, 2.45) is 0 Å². The molecule has 0 bridgehead atoms. The second-order valence-corrected chi connectivity index (χ2v) is 3.32. The van der Waals surface area contributed by atoms with Gasteiger partial charge in [0.15, 0.2) is 10.9 Å². The molecular weight excluding hydrogens is 189 g/mol. The normalized spacial score (nSPS) is 10.2. The SMILES string of the molecule is Nc1nc(-c2ccncc2F)cs1. The molecule has 2 aromatic heterocycles. The van der Waals surface area contributed by atoms with Gasteiger partial charge in [0, 0.05) is 17.1 Å². The van der Waals surface area contributed by atoms with Crippen molar-refractivity contribution in [1.29, 1.82) is 0 Å². The number of thiazole rings is 1. The maximum atomic E-state index is 13.1. The molecule has 0 aliphatic carbocycles. The largest absolute Gasteiger partial charge is 0.375 e. The fourth-order valence-electron chi connectivity index (χ4n) is 0.994. The summed E-state index contributed by atoms with van der Waals surface area (Å²) in [5, 5.41) is 2.15. The van der Waals surface area contributed by atoms with Gasteiger partial charge in [0.1, 0.15) is 0 Å². The van der Waals surface area contributed by atoms with E-state index in [1.807, 2.05) is 0 Å². The molecule has 0 spiro atoms. The number of nitrogens with zero attached hydrogens (tertiary/aromatic N) is 2. The number of nitrogens with two attached hydrogens (primary N) is 1. The van der Waals surface area contributed by atoms with Crippen LogP contribution in [0.5, 0.6) is 0 Å². The molecule has 2 aromatic rings. The van der Waals surface area contributed by atoms with E-state index in [1.165, 1.54) is 17.5 Å². The van der Waals surface area contributed by atoms with Crippen LogP contribution in [0.3, 0.4) is 0 Å². The minimum absolute atomic E-state index is 0.382. The minimum atomic E-state index is -0.382. The average molecular weight is 195 g/mol. The van der Waals surface area contributed by atoms with Crippen molar-refractivity contribution in [1.82, 2.24) is 9.97 Å². The Morgan fingerprint density at radius 1 is 1.46 bits per heavy atom. The molecule has 0 saturated heterocycles. The maximum Gasteiger partial charge on any atom is 0.180 e. The molecular formula is C8H6FN3S. The molecule has 0 amide bonds. The molecule has 0 unspecified atom stereocenters. The van der Waals surface area contributed by atoms with Crippen LogP contribution in [-0.4, -0.2) is 9.97 Å². The Labute approximate surface area is 78.1 Å². The fourth-order valence-corrected chi connectivity index (χ4v) is 1.56. The molecule has 0 aromatic carbocycles. The van der Waals surface area contributed by atoms with Gasteiger partial charge in [-0.1, -0.05) is 0 Å². The monoisotopic (exact) mass is 195 g/mol. The molecule has 2 heterocycles. The van der Waals surface area contributed by atoms with E-state index in [1.54, 1.807) is 11.4 Å². The molecule has 0 fully saturated rings. The van der Waals surface area contributed by atoms with Crippen LogP contribution in [0.2, 0.25) is 0 Å². The summed E-state index contributed by atoms with van der Waals surface area (Å²) in [4.78, 5) is 7.62. The summed E-state index contributed by atoms with van der Waals surface area (Å²) >= 11 is 1.29. The number of aromatic nitrogens is 2. The molecule has 66 valence electrons. The number of pyridine rings is 1. The Balaban J connectivity index is 2.52. The number of nitrogen functional groups attached to an aromatic ring is 1. The third-order valence-corrected chi connectivity index (χ3v) is 2.24. The van der Waals surface area contributed by atoms with Crippen molar-refractivity contribution < 1.29 is 4.39 Å². The van der Waals surface area contributed by atoms with Crippen LogP contribution < -0.4 is 5.73 Å². The number of halogens is 1. The van der Waals surface area contributed by atoms with Crippen LogP contribution >= 0.6 is 11.3 Å². The Bertz CT molecular complexity index is 427. The van der Waals surface area contributed by atoms with Crippen molar-refractivity contribution >= 4 is 16.5 Å². The van der Waals surface area contributed by atoms with Gasteiger partial charge in [0.05, 0.1) is 11.9 Å². The van der Waals surface area contributed by atoms with Gasteiger partial charge >= 0.3 is 0 Å². The molecule has 5 heteroatoms. The van der Waals surface area contributed by atoms with Gasteiger partial charge in [-0.05, 0) is 6.07 Å². The first-order chi connectivity index (χ1) is 6.27. The molecule has 3 nitrogen and oxygen atoms in total. The third kappa shape index (κ3) is 1.50. The number of anilines is 1. The van der Waals surface area contributed by atoms with Gasteiger partial charge in [0.2, 0.25) is 0 Å². The summed E-state index contributed by atoms with van der Waals surface area (Å²) in [6, 6.07) is 1.57. The topological polar surface area (TPSA) is 51.8 Å². The van der Waals surface area contributed by atoms with Gasteiger partial charge in [0.25, 0.3) is 0 Å². The highest BCUT2D eigenvalue weighted by Gasteiger charge is 2.07. The van der Waals surface area contributed by atoms with E-state index in [4.69, 9.17) is 5.73 Å². The average Bonchev–Trinajstić information content (AvgIpc) is 2.53. The zero-order valence-corrected chi connectivity index (χ0v) is 7.38. The van der Waals surface area contributed by atoms with Crippen LogP contribution in [0.1, 0.15) is 0 Å². The summed E-state index contributed by atoms with van der Waals surface area (Å²) in [6.07, 6.45) is 2.68. The molecule has 2 rings (SSSR count). The van der Waals surface area contributed by atoms with Gasteiger partial charge in [-0.15, -0.1) is 11.3 Å². The molecule has 13 heavy (non-hydrogen) atoms. The van der Waals surface area contributed by atoms with Crippen LogP contribution in [0, 0.1) is 5.82 Å². The molecule has 2 N–H and O–H groups in total. The maximum absolute atomic E-state index is 13.1. The molecule has 0 aliphatic rings. The van der Waals surface area contributed by atoms with Crippen molar-refractivity contribution in [3.05, 3.63) is 29.7 Å². The minimum Gasteiger partial charge on any atom is -0.375 e. The van der Waals surface area contributed by atoms with Crippen LogP contribution in [0.4, 0.5) is 9.52 Å². The van der Waals surface area contributed by atoms with Crippen molar-refractivity contribution in [3.8, 4) is 11.3 Å². The van der Waals surface area contributed by atoms with E-state index in [-0.39, 0.29) is 5.82 Å². The summed E-state index contributed by atoms with van der Waals surface area (Å²) in [7, 11) is 0. The molecule has 0 radical (unpaired) electrons. The van der Waals surface area contributed by atoms with Crippen molar-refractivity contribution in [2.75, 3.05) is 5.73 Å². The van der Waals surface area contributed by atoms with E-state index in [0.29, 0.717) is 16.4 Å². The molecule has 0 atom stereocenters. The van der Waals surface area contributed by atoms with E-state index in [2.05, 4.69) is 9.97 Å². The first-order valence-electron chi connectivity index (χ1n) is 3.58. The lowest BCUT2D eigenvalue weighted by Crippen LogP contribution is -1.87. The van der Waals surface area contributed by atoms with E-state index >= 15 is 0 Å². The Morgan fingerprint density at radius 3 is 2.92 bits per heavy atom. The van der Waals surface area contributed by atoms with Crippen LogP contribution in [-0.2, 0) is 0 Å². The predicted octanol–water partition coefficient (Wildman–Crippen LogP) is 1.93. The Hall–Kier alpha value is -1.49. The first kappa shape index (κ1) is 8.12. The highest BCUT2D eigenvalue weighted by Crippen LogP contribution is 2.24. The molecule has 0 aliphatic heterocycles. The predicted molar refractivity (Wildman–Crippen MR) is 49.7 cm³/mol. The second kappa shape index (κ2) is 3.10. The van der Waals surface area contributed by atoms with Gasteiger partial charge in [-0.3, -0.25) is 4.98 Å². The summed E-state index contributed by atoms with van der Waals surface area (Å²) in [5.41, 5.74) is 6.43. The third-order valence-electron chi connectivity index (χ3n) is 1.57. The van der Waals surface area contributed by atoms with Crippen molar-refractivity contribution in [3.63, 3.8) is 0 Å². The van der Waals surface area contributed by atoms with E-state index < -0.39 is 0 Å².